The van der Waals surface area contributed by atoms with E-state index in [0.29, 0.717) is 5.92 Å². The zero-order valence-corrected chi connectivity index (χ0v) is 20.5. The van der Waals surface area contributed by atoms with Crippen LogP contribution in [0.4, 0.5) is 0 Å². The van der Waals surface area contributed by atoms with Crippen molar-refractivity contribution in [1.82, 2.24) is 19.6 Å². The lowest BCUT2D eigenvalue weighted by Crippen LogP contribution is -2.05. The van der Waals surface area contributed by atoms with Gasteiger partial charge in [-0.05, 0) is 54.9 Å². The first-order valence-electron chi connectivity index (χ1n) is 10.8. The molecule has 4 aromatic rings. The van der Waals surface area contributed by atoms with E-state index in [4.69, 9.17) is 14.8 Å². The van der Waals surface area contributed by atoms with Crippen LogP contribution >= 0.6 is 34.9 Å². The summed E-state index contributed by atoms with van der Waals surface area (Å²) in [6.07, 6.45) is 4.78. The maximum Gasteiger partial charge on any atom is 0.198 e. The van der Waals surface area contributed by atoms with Crippen LogP contribution in [0.5, 0.6) is 5.75 Å². The van der Waals surface area contributed by atoms with Crippen molar-refractivity contribution in [3.05, 3.63) is 40.3 Å². The molecule has 1 aromatic carbocycles. The number of hydrogen-bond donors (Lipinski definition) is 0. The molecular formula is C23H26N4OS3. The average molecular weight is 471 g/mol. The predicted octanol–water partition coefficient (Wildman–Crippen LogP) is 6.58. The number of ether oxygens (including phenoxy) is 1. The number of rotatable bonds is 7. The highest BCUT2D eigenvalue weighted by molar-refractivity contribution is 7.99. The van der Waals surface area contributed by atoms with Crippen molar-refractivity contribution in [2.75, 3.05) is 12.9 Å². The minimum Gasteiger partial charge on any atom is -0.497 e. The molecule has 1 aliphatic rings. The second-order valence-corrected chi connectivity index (χ2v) is 11.0. The monoisotopic (exact) mass is 470 g/mol. The van der Waals surface area contributed by atoms with E-state index in [1.165, 1.54) is 34.2 Å². The first-order chi connectivity index (χ1) is 15.2. The van der Waals surface area contributed by atoms with Gasteiger partial charge in [0.05, 0.1) is 12.5 Å². The lowest BCUT2D eigenvalue weighted by atomic mass is 9.87. The molecule has 0 fully saturated rings. The summed E-state index contributed by atoms with van der Waals surface area (Å²) in [4.78, 5) is 7.75. The van der Waals surface area contributed by atoms with E-state index in [2.05, 4.69) is 35.5 Å². The van der Waals surface area contributed by atoms with Crippen molar-refractivity contribution >= 4 is 50.7 Å². The van der Waals surface area contributed by atoms with Gasteiger partial charge in [0.25, 0.3) is 0 Å². The lowest BCUT2D eigenvalue weighted by molar-refractivity contribution is 0.414. The molecule has 3 aromatic heterocycles. The van der Waals surface area contributed by atoms with Gasteiger partial charge in [-0.3, -0.25) is 0 Å². The van der Waals surface area contributed by atoms with E-state index < -0.39 is 0 Å². The number of methoxy groups -OCH3 is 1. The van der Waals surface area contributed by atoms with Crippen molar-refractivity contribution in [3.63, 3.8) is 0 Å². The second kappa shape index (κ2) is 9.00. The van der Waals surface area contributed by atoms with Crippen LogP contribution < -0.4 is 4.74 Å². The van der Waals surface area contributed by atoms with Crippen LogP contribution in [0.25, 0.3) is 15.9 Å². The summed E-state index contributed by atoms with van der Waals surface area (Å²) >= 11 is 5.39. The van der Waals surface area contributed by atoms with Crippen molar-refractivity contribution in [3.8, 4) is 5.75 Å². The molecule has 3 heterocycles. The van der Waals surface area contributed by atoms with Gasteiger partial charge in [-0.2, -0.15) is 0 Å². The number of thioether (sulfide) groups is 2. The maximum atomic E-state index is 5.27. The number of benzene rings is 1. The molecule has 0 amide bonds. The van der Waals surface area contributed by atoms with Crippen LogP contribution in [0.1, 0.15) is 55.0 Å². The van der Waals surface area contributed by atoms with Gasteiger partial charge < -0.3 is 4.74 Å². The van der Waals surface area contributed by atoms with E-state index in [1.807, 2.05) is 23.5 Å². The SMILES string of the molecule is CCCSc1nc2sc3c(c2c2nnc(SCc4ccc(OC)cc4)n12)[C@H](C)CCC3. The standard InChI is InChI=1S/C23H26N4OS3/c1-4-12-29-22-24-21-19(18-14(2)6-5-7-17(18)31-21)20-25-26-23(27(20)22)30-13-15-8-10-16(28-3)11-9-15/h8-11,14H,4-7,12-13H2,1-3H3/t14-/m1/s1. The van der Waals surface area contributed by atoms with Gasteiger partial charge in [0.2, 0.25) is 0 Å². The van der Waals surface area contributed by atoms with E-state index in [0.717, 1.165) is 50.9 Å². The molecule has 5 rings (SSSR count). The van der Waals surface area contributed by atoms with Crippen LogP contribution in [-0.2, 0) is 12.2 Å². The molecule has 0 bridgehead atoms. The molecule has 0 N–H and O–H groups in total. The molecule has 0 radical (unpaired) electrons. The highest BCUT2D eigenvalue weighted by atomic mass is 32.2. The molecule has 0 saturated carbocycles. The summed E-state index contributed by atoms with van der Waals surface area (Å²) in [7, 11) is 1.69. The summed E-state index contributed by atoms with van der Waals surface area (Å²) in [6.45, 7) is 4.55. The van der Waals surface area contributed by atoms with Gasteiger partial charge in [0.1, 0.15) is 10.6 Å². The number of thiophene rings is 1. The van der Waals surface area contributed by atoms with E-state index in [9.17, 15) is 0 Å². The fraction of sp³-hybridized carbons (Fsp3) is 0.435. The summed E-state index contributed by atoms with van der Waals surface area (Å²) in [5, 5.41) is 12.5. The Morgan fingerprint density at radius 2 is 2.00 bits per heavy atom. The van der Waals surface area contributed by atoms with Crippen LogP contribution in [0, 0.1) is 0 Å². The highest BCUT2D eigenvalue weighted by Gasteiger charge is 2.27. The number of aryl methyl sites for hydroxylation is 1. The maximum absolute atomic E-state index is 5.27. The Labute approximate surface area is 195 Å². The fourth-order valence-corrected chi connectivity index (χ4v) is 7.36. The minimum atomic E-state index is 0.560. The molecule has 0 aliphatic heterocycles. The summed E-state index contributed by atoms with van der Waals surface area (Å²) < 4.78 is 7.47. The third-order valence-electron chi connectivity index (χ3n) is 5.74. The Kier molecular flexibility index (Phi) is 6.12. The first-order valence-corrected chi connectivity index (χ1v) is 13.6. The number of aromatic nitrogens is 4. The Balaban J connectivity index is 1.58. The topological polar surface area (TPSA) is 52.3 Å². The van der Waals surface area contributed by atoms with Crippen LogP contribution in [-0.4, -0.2) is 32.4 Å². The van der Waals surface area contributed by atoms with Gasteiger partial charge >= 0.3 is 0 Å². The second-order valence-electron chi connectivity index (χ2n) is 7.93. The average Bonchev–Trinajstić information content (AvgIpc) is 3.38. The zero-order chi connectivity index (χ0) is 21.4. The van der Waals surface area contributed by atoms with E-state index >= 15 is 0 Å². The fourth-order valence-electron chi connectivity index (χ4n) is 4.19. The molecule has 0 spiro atoms. The van der Waals surface area contributed by atoms with Crippen LogP contribution in [0.2, 0.25) is 0 Å². The predicted molar refractivity (Wildman–Crippen MR) is 131 cm³/mol. The van der Waals surface area contributed by atoms with Gasteiger partial charge in [-0.25, -0.2) is 9.38 Å². The van der Waals surface area contributed by atoms with Crippen LogP contribution in [0.3, 0.4) is 0 Å². The van der Waals surface area contributed by atoms with Crippen molar-refractivity contribution in [2.45, 2.75) is 61.5 Å². The molecule has 0 saturated heterocycles. The van der Waals surface area contributed by atoms with E-state index in [1.54, 1.807) is 30.6 Å². The van der Waals surface area contributed by atoms with Crippen molar-refractivity contribution < 1.29 is 4.74 Å². The minimum absolute atomic E-state index is 0.560. The third-order valence-corrected chi connectivity index (χ3v) is 9.05. The van der Waals surface area contributed by atoms with Gasteiger partial charge in [0, 0.05) is 16.4 Å². The molecule has 0 unspecified atom stereocenters. The Morgan fingerprint density at radius 3 is 2.77 bits per heavy atom. The Hall–Kier alpha value is -1.77. The third kappa shape index (κ3) is 3.94. The van der Waals surface area contributed by atoms with Crippen molar-refractivity contribution in [1.29, 1.82) is 0 Å². The number of hydrogen-bond acceptors (Lipinski definition) is 7. The van der Waals surface area contributed by atoms with Gasteiger partial charge in [-0.1, -0.05) is 49.5 Å². The molecule has 5 nitrogen and oxygen atoms in total. The lowest BCUT2D eigenvalue weighted by Gasteiger charge is -2.18. The summed E-state index contributed by atoms with van der Waals surface area (Å²) in [6, 6.07) is 8.22. The highest BCUT2D eigenvalue weighted by Crippen LogP contribution is 2.44. The van der Waals surface area contributed by atoms with E-state index in [-0.39, 0.29) is 0 Å². The van der Waals surface area contributed by atoms with Crippen LogP contribution in [0.15, 0.2) is 34.6 Å². The molecule has 8 heteroatoms. The van der Waals surface area contributed by atoms with Gasteiger partial charge in [0.15, 0.2) is 16.0 Å². The number of nitrogens with zero attached hydrogens (tertiary/aromatic N) is 4. The summed E-state index contributed by atoms with van der Waals surface area (Å²) in [5.41, 5.74) is 3.68. The Bertz CT molecular complexity index is 1220. The molecule has 31 heavy (non-hydrogen) atoms. The molecule has 162 valence electrons. The van der Waals surface area contributed by atoms with Crippen molar-refractivity contribution in [2.24, 2.45) is 0 Å². The van der Waals surface area contributed by atoms with Gasteiger partial charge in [-0.15, -0.1) is 21.5 Å². The zero-order valence-electron chi connectivity index (χ0n) is 18.1. The first kappa shape index (κ1) is 21.1. The normalized spacial score (nSPS) is 16.2. The Morgan fingerprint density at radius 1 is 1.16 bits per heavy atom. The molecule has 1 aliphatic carbocycles. The molecular weight excluding hydrogens is 444 g/mol. The largest absolute Gasteiger partial charge is 0.497 e. The molecule has 1 atom stereocenters. The summed E-state index contributed by atoms with van der Waals surface area (Å²) in [5.74, 6) is 3.31. The number of fused-ring (bicyclic) bond motifs is 5. The smallest absolute Gasteiger partial charge is 0.198 e. The quantitative estimate of drug-likeness (QED) is 0.225.